The minimum absolute atomic E-state index is 1.20. The topological polar surface area (TPSA) is 9.72 Å². The smallest absolute Gasteiger partial charge is 0.200 e. The van der Waals surface area contributed by atoms with Crippen LogP contribution in [0, 0.1) is 0 Å². The molecule has 0 N–H and O–H groups in total. The second kappa shape index (κ2) is 10.2. The van der Waals surface area contributed by atoms with E-state index in [1.54, 1.807) is 0 Å². The van der Waals surface area contributed by atoms with Crippen molar-refractivity contribution in [1.29, 1.82) is 0 Å². The normalized spacial score (nSPS) is 13.6. The van der Waals surface area contributed by atoms with Crippen LogP contribution in [0.3, 0.4) is 0 Å². The largest absolute Gasteiger partial charge is 0.324 e. The maximum absolute atomic E-state index is 3.00. The Morgan fingerprint density at radius 1 is 0.500 bits per heavy atom. The van der Waals surface area contributed by atoms with Crippen LogP contribution in [0.5, 0.6) is 0 Å². The van der Waals surface area contributed by atoms with Gasteiger partial charge in [0.1, 0.15) is 0 Å². The van der Waals surface area contributed by atoms with E-state index in [-0.39, 0.29) is 0 Å². The molecule has 0 aliphatic rings. The van der Waals surface area contributed by atoms with Gasteiger partial charge in [-0.1, -0.05) is 55.4 Å². The fraction of sp³-hybridized carbons (Fsp3) is 1.00. The molecule has 0 radical (unpaired) electrons. The molecule has 0 aromatic rings. The van der Waals surface area contributed by atoms with E-state index in [9.17, 15) is 0 Å². The Morgan fingerprint density at radius 3 is 0.864 bits per heavy atom. The molecule has 0 aromatic heterocycles. The van der Waals surface area contributed by atoms with Gasteiger partial charge in [0.15, 0.2) is 16.8 Å². The molecule has 0 rings (SSSR count). The average Bonchev–Trinajstić information content (AvgIpc) is 2.57. The van der Waals surface area contributed by atoms with Crippen LogP contribution in [-0.4, -0.2) is 63.4 Å². The lowest BCUT2D eigenvalue weighted by atomic mass is 10.7. The van der Waals surface area contributed by atoms with Crippen molar-refractivity contribution in [2.45, 2.75) is 79.6 Å². The van der Waals surface area contributed by atoms with Crippen molar-refractivity contribution in [2.75, 3.05) is 33.2 Å². The SMILES string of the molecule is CCN(CC)[Si](CC)(CC)N(C)[Si](CC)(CC)N(CC)CC. The second-order valence-corrected chi connectivity index (χ2v) is 16.1. The van der Waals surface area contributed by atoms with Gasteiger partial charge in [-0.3, -0.25) is 0 Å². The van der Waals surface area contributed by atoms with Crippen molar-refractivity contribution in [2.24, 2.45) is 0 Å². The molecular formula is C17H43N3Si2. The van der Waals surface area contributed by atoms with Crippen LogP contribution in [0.25, 0.3) is 0 Å². The minimum Gasteiger partial charge on any atom is -0.324 e. The summed E-state index contributed by atoms with van der Waals surface area (Å²) in [5.41, 5.74) is 0. The van der Waals surface area contributed by atoms with Crippen LogP contribution in [-0.2, 0) is 0 Å². The monoisotopic (exact) mass is 345 g/mol. The summed E-state index contributed by atoms with van der Waals surface area (Å²) in [6, 6.07) is 5.38. The molecule has 0 atom stereocenters. The van der Waals surface area contributed by atoms with Crippen molar-refractivity contribution < 1.29 is 0 Å². The molecular weight excluding hydrogens is 302 g/mol. The van der Waals surface area contributed by atoms with E-state index in [2.05, 4.69) is 75.8 Å². The zero-order valence-electron chi connectivity index (χ0n) is 17.0. The Kier molecular flexibility index (Phi) is 10.4. The predicted octanol–water partition coefficient (Wildman–Crippen LogP) is 4.57. The number of hydrogen-bond donors (Lipinski definition) is 0. The Bertz CT molecular complexity index is 256. The molecule has 0 amide bonds. The summed E-state index contributed by atoms with van der Waals surface area (Å²) in [6.07, 6.45) is 0. The molecule has 0 bridgehead atoms. The van der Waals surface area contributed by atoms with E-state index in [4.69, 9.17) is 0 Å². The first-order chi connectivity index (χ1) is 10.4. The Labute approximate surface area is 143 Å². The zero-order valence-corrected chi connectivity index (χ0v) is 19.0. The second-order valence-electron chi connectivity index (χ2n) is 6.28. The van der Waals surface area contributed by atoms with E-state index in [1.165, 1.54) is 50.4 Å². The van der Waals surface area contributed by atoms with Crippen LogP contribution >= 0.6 is 0 Å². The molecule has 0 unspecified atom stereocenters. The highest BCUT2D eigenvalue weighted by molar-refractivity contribution is 6.90. The Morgan fingerprint density at radius 2 is 0.727 bits per heavy atom. The van der Waals surface area contributed by atoms with E-state index < -0.39 is 16.8 Å². The molecule has 0 aromatic carbocycles. The lowest BCUT2D eigenvalue weighted by Crippen LogP contribution is -2.76. The third kappa shape index (κ3) is 3.86. The third-order valence-corrected chi connectivity index (χ3v) is 19.4. The number of hydrogen-bond acceptors (Lipinski definition) is 3. The van der Waals surface area contributed by atoms with Gasteiger partial charge in [0.05, 0.1) is 0 Å². The maximum atomic E-state index is 3.00. The summed E-state index contributed by atoms with van der Waals surface area (Å²) >= 11 is 0. The van der Waals surface area contributed by atoms with Gasteiger partial charge in [0.25, 0.3) is 0 Å². The molecule has 5 heteroatoms. The third-order valence-electron chi connectivity index (χ3n) is 6.22. The van der Waals surface area contributed by atoms with Gasteiger partial charge in [0.2, 0.25) is 0 Å². The van der Waals surface area contributed by atoms with Gasteiger partial charge in [-0.05, 0) is 57.4 Å². The van der Waals surface area contributed by atoms with Crippen molar-refractivity contribution in [1.82, 2.24) is 13.4 Å². The summed E-state index contributed by atoms with van der Waals surface area (Å²) < 4.78 is 8.67. The Hall–Kier alpha value is 0.314. The van der Waals surface area contributed by atoms with Gasteiger partial charge in [-0.25, -0.2) is 0 Å². The number of rotatable bonds is 12. The van der Waals surface area contributed by atoms with Crippen LogP contribution in [0.2, 0.25) is 24.2 Å². The molecule has 0 heterocycles. The summed E-state index contributed by atoms with van der Waals surface area (Å²) in [6.45, 7) is 24.0. The van der Waals surface area contributed by atoms with E-state index in [0.29, 0.717) is 0 Å². The zero-order chi connectivity index (χ0) is 17.4. The number of nitrogens with zero attached hydrogens (tertiary/aromatic N) is 3. The lowest BCUT2D eigenvalue weighted by Gasteiger charge is -2.57. The van der Waals surface area contributed by atoms with Crippen LogP contribution in [0.4, 0.5) is 0 Å². The van der Waals surface area contributed by atoms with Gasteiger partial charge in [-0.15, -0.1) is 0 Å². The van der Waals surface area contributed by atoms with Crippen molar-refractivity contribution in [3.05, 3.63) is 0 Å². The van der Waals surface area contributed by atoms with Gasteiger partial charge in [-0.2, -0.15) is 0 Å². The molecule has 0 spiro atoms. The fourth-order valence-corrected chi connectivity index (χ4v) is 18.5. The van der Waals surface area contributed by atoms with Crippen molar-refractivity contribution in [3.8, 4) is 0 Å². The Balaban J connectivity index is 5.98. The molecule has 0 saturated heterocycles. The standard InChI is InChI=1S/C17H43N3Si2/c1-10-19(11-2)21(14-5,15-6)18(9)22(16-7,17-8)20(12-3)13-4/h10-17H2,1-9H3. The van der Waals surface area contributed by atoms with Crippen LogP contribution in [0.15, 0.2) is 0 Å². The molecule has 22 heavy (non-hydrogen) atoms. The molecule has 0 fully saturated rings. The van der Waals surface area contributed by atoms with Gasteiger partial charge >= 0.3 is 0 Å². The first-order valence-electron chi connectivity index (χ1n) is 9.68. The summed E-state index contributed by atoms with van der Waals surface area (Å²) in [5.74, 6) is 0. The predicted molar refractivity (Wildman–Crippen MR) is 107 cm³/mol. The first kappa shape index (κ1) is 22.3. The van der Waals surface area contributed by atoms with Gasteiger partial charge in [0, 0.05) is 0 Å². The maximum Gasteiger partial charge on any atom is 0.200 e. The highest BCUT2D eigenvalue weighted by Gasteiger charge is 2.51. The molecule has 0 aliphatic heterocycles. The summed E-state index contributed by atoms with van der Waals surface area (Å²) in [4.78, 5) is 0. The molecule has 134 valence electrons. The highest BCUT2D eigenvalue weighted by atomic mass is 28.4. The fourth-order valence-electron chi connectivity index (χ4n) is 4.78. The summed E-state index contributed by atoms with van der Waals surface area (Å²) in [7, 11) is -0.629. The van der Waals surface area contributed by atoms with Crippen molar-refractivity contribution in [3.63, 3.8) is 0 Å². The highest BCUT2D eigenvalue weighted by Crippen LogP contribution is 2.33. The first-order valence-corrected chi connectivity index (χ1v) is 14.3. The van der Waals surface area contributed by atoms with Crippen LogP contribution in [0.1, 0.15) is 55.4 Å². The van der Waals surface area contributed by atoms with E-state index in [0.717, 1.165) is 0 Å². The van der Waals surface area contributed by atoms with E-state index >= 15 is 0 Å². The average molecular weight is 346 g/mol. The molecule has 0 saturated carbocycles. The van der Waals surface area contributed by atoms with Crippen LogP contribution < -0.4 is 0 Å². The van der Waals surface area contributed by atoms with Crippen molar-refractivity contribution >= 4 is 16.8 Å². The van der Waals surface area contributed by atoms with E-state index in [1.807, 2.05) is 0 Å². The molecule has 3 nitrogen and oxygen atoms in total. The quantitative estimate of drug-likeness (QED) is 0.480. The minimum atomic E-state index is -1.56. The van der Waals surface area contributed by atoms with Gasteiger partial charge < -0.3 is 13.4 Å². The summed E-state index contributed by atoms with van der Waals surface area (Å²) in [5, 5.41) is 0. The lowest BCUT2D eigenvalue weighted by molar-refractivity contribution is 0.374. The molecule has 0 aliphatic carbocycles.